The average Bonchev–Trinajstić information content (AvgIpc) is 2.45. The molecule has 2 aromatic rings. The molecular weight excluding hydrogens is 342 g/mol. The molecule has 2 rings (SSSR count). The quantitative estimate of drug-likeness (QED) is 0.876. The molecule has 0 bridgehead atoms. The van der Waals surface area contributed by atoms with Crippen LogP contribution in [0, 0.1) is 19.7 Å². The fourth-order valence-electron chi connectivity index (χ4n) is 1.91. The number of amides is 1. The summed E-state index contributed by atoms with van der Waals surface area (Å²) in [4.78, 5) is 20.9. The third-order valence-corrected chi connectivity index (χ3v) is 3.45. The Bertz CT molecular complexity index is 697. The predicted octanol–water partition coefficient (Wildman–Crippen LogP) is 2.57. The molecule has 1 aromatic carbocycles. The van der Waals surface area contributed by atoms with Gasteiger partial charge in [0.05, 0.1) is 22.5 Å². The average molecular weight is 363 g/mol. The highest BCUT2D eigenvalue weighted by Crippen LogP contribution is 2.19. The van der Waals surface area contributed by atoms with E-state index in [-0.39, 0.29) is 42.3 Å². The first-order valence-corrected chi connectivity index (χ1v) is 6.82. The standard InChI is InChI=1S/C15H19FN4O.2ClH/c1-8(17-4)7-18-15(21)12-5-11(16)6-13-14(12)20-10(3)9(2)19-13;;/h5-6,8,17H,7H2,1-4H3,(H,18,21);2*1H. The SMILES string of the molecule is CNC(C)CNC(=O)c1cc(F)cc2nc(C)c(C)nc12.Cl.Cl. The summed E-state index contributed by atoms with van der Waals surface area (Å²) in [6, 6.07) is 2.62. The number of nitrogens with one attached hydrogen (secondary N) is 2. The van der Waals surface area contributed by atoms with E-state index in [4.69, 9.17) is 0 Å². The molecule has 23 heavy (non-hydrogen) atoms. The van der Waals surface area contributed by atoms with Gasteiger partial charge in [0.1, 0.15) is 11.3 Å². The highest BCUT2D eigenvalue weighted by molar-refractivity contribution is 6.04. The minimum Gasteiger partial charge on any atom is -0.350 e. The molecule has 0 aliphatic rings. The molecule has 0 saturated heterocycles. The van der Waals surface area contributed by atoms with Crippen molar-refractivity contribution in [3.8, 4) is 0 Å². The van der Waals surface area contributed by atoms with Crippen LogP contribution in [0.4, 0.5) is 4.39 Å². The van der Waals surface area contributed by atoms with Crippen LogP contribution in [-0.4, -0.2) is 35.5 Å². The summed E-state index contributed by atoms with van der Waals surface area (Å²) in [5.41, 5.74) is 2.48. The van der Waals surface area contributed by atoms with E-state index in [9.17, 15) is 9.18 Å². The number of carbonyl (C=O) groups is 1. The number of nitrogens with zero attached hydrogens (tertiary/aromatic N) is 2. The molecule has 8 heteroatoms. The number of likely N-dealkylation sites (N-methyl/N-ethyl adjacent to an activating group) is 1. The van der Waals surface area contributed by atoms with Gasteiger partial charge in [0.25, 0.3) is 5.91 Å². The molecule has 1 unspecified atom stereocenters. The highest BCUT2D eigenvalue weighted by atomic mass is 35.5. The van der Waals surface area contributed by atoms with Crippen LogP contribution in [0.2, 0.25) is 0 Å². The van der Waals surface area contributed by atoms with Crippen molar-refractivity contribution < 1.29 is 9.18 Å². The first-order valence-electron chi connectivity index (χ1n) is 6.82. The smallest absolute Gasteiger partial charge is 0.253 e. The second kappa shape index (κ2) is 8.96. The number of halogens is 3. The van der Waals surface area contributed by atoms with E-state index in [1.165, 1.54) is 12.1 Å². The van der Waals surface area contributed by atoms with Crippen LogP contribution in [-0.2, 0) is 0 Å². The van der Waals surface area contributed by atoms with E-state index in [2.05, 4.69) is 20.6 Å². The Morgan fingerprint density at radius 3 is 2.43 bits per heavy atom. The Kier molecular flexibility index (Phi) is 8.37. The fraction of sp³-hybridized carbons (Fsp3) is 0.400. The summed E-state index contributed by atoms with van der Waals surface area (Å²) in [6.07, 6.45) is 0. The van der Waals surface area contributed by atoms with Crippen molar-refractivity contribution in [1.82, 2.24) is 20.6 Å². The van der Waals surface area contributed by atoms with Gasteiger partial charge in [-0.25, -0.2) is 14.4 Å². The lowest BCUT2D eigenvalue weighted by Gasteiger charge is -2.12. The number of benzene rings is 1. The lowest BCUT2D eigenvalue weighted by atomic mass is 10.1. The summed E-state index contributed by atoms with van der Waals surface area (Å²) < 4.78 is 13.7. The number of fused-ring (bicyclic) bond motifs is 1. The second-order valence-corrected chi connectivity index (χ2v) is 5.12. The third-order valence-electron chi connectivity index (χ3n) is 3.45. The first-order chi connectivity index (χ1) is 9.92. The summed E-state index contributed by atoms with van der Waals surface area (Å²) in [7, 11) is 1.81. The zero-order valence-corrected chi connectivity index (χ0v) is 15.1. The minimum atomic E-state index is -0.494. The maximum atomic E-state index is 13.7. The van der Waals surface area contributed by atoms with Crippen LogP contribution in [0.25, 0.3) is 11.0 Å². The van der Waals surface area contributed by atoms with Crippen molar-refractivity contribution in [1.29, 1.82) is 0 Å². The van der Waals surface area contributed by atoms with E-state index < -0.39 is 5.82 Å². The van der Waals surface area contributed by atoms with Crippen LogP contribution in [0.1, 0.15) is 28.7 Å². The normalized spacial score (nSPS) is 11.3. The summed E-state index contributed by atoms with van der Waals surface area (Å²) in [5, 5.41) is 5.79. The van der Waals surface area contributed by atoms with Gasteiger partial charge in [-0.05, 0) is 33.9 Å². The van der Waals surface area contributed by atoms with Gasteiger partial charge < -0.3 is 10.6 Å². The molecule has 1 atom stereocenters. The maximum Gasteiger partial charge on any atom is 0.253 e. The zero-order chi connectivity index (χ0) is 15.6. The van der Waals surface area contributed by atoms with Gasteiger partial charge in [0.2, 0.25) is 0 Å². The van der Waals surface area contributed by atoms with E-state index in [1.54, 1.807) is 6.92 Å². The van der Waals surface area contributed by atoms with Crippen LogP contribution in [0.15, 0.2) is 12.1 Å². The second-order valence-electron chi connectivity index (χ2n) is 5.12. The van der Waals surface area contributed by atoms with Gasteiger partial charge in [-0.3, -0.25) is 4.79 Å². The molecule has 128 valence electrons. The van der Waals surface area contributed by atoms with Crippen molar-refractivity contribution >= 4 is 41.8 Å². The summed E-state index contributed by atoms with van der Waals surface area (Å²) in [5.74, 6) is -0.842. The molecule has 2 N–H and O–H groups in total. The molecule has 0 saturated carbocycles. The molecule has 0 fully saturated rings. The molecule has 1 aromatic heterocycles. The van der Waals surface area contributed by atoms with Crippen LogP contribution in [0.5, 0.6) is 0 Å². The van der Waals surface area contributed by atoms with Gasteiger partial charge in [-0.15, -0.1) is 24.8 Å². The van der Waals surface area contributed by atoms with Gasteiger partial charge in [0.15, 0.2) is 0 Å². The molecule has 0 radical (unpaired) electrons. The van der Waals surface area contributed by atoms with Crippen LogP contribution < -0.4 is 10.6 Å². The first kappa shape index (κ1) is 21.5. The van der Waals surface area contributed by atoms with Crippen molar-refractivity contribution in [2.75, 3.05) is 13.6 Å². The third kappa shape index (κ3) is 4.99. The maximum absolute atomic E-state index is 13.7. The van der Waals surface area contributed by atoms with Crippen molar-refractivity contribution in [3.05, 3.63) is 34.9 Å². The number of aryl methyl sites for hydroxylation is 2. The van der Waals surface area contributed by atoms with Crippen LogP contribution in [0.3, 0.4) is 0 Å². The number of rotatable bonds is 4. The van der Waals surface area contributed by atoms with Crippen molar-refractivity contribution in [2.24, 2.45) is 0 Å². The number of aromatic nitrogens is 2. The fourth-order valence-corrected chi connectivity index (χ4v) is 1.91. The Morgan fingerprint density at radius 1 is 1.22 bits per heavy atom. The lowest BCUT2D eigenvalue weighted by molar-refractivity contribution is 0.0951. The molecule has 0 spiro atoms. The summed E-state index contributed by atoms with van der Waals surface area (Å²) in [6.45, 7) is 6.01. The van der Waals surface area contributed by atoms with Gasteiger partial charge in [-0.2, -0.15) is 0 Å². The van der Waals surface area contributed by atoms with Gasteiger partial charge in [-0.1, -0.05) is 0 Å². The number of hydrogen-bond acceptors (Lipinski definition) is 4. The zero-order valence-electron chi connectivity index (χ0n) is 13.4. The highest BCUT2D eigenvalue weighted by Gasteiger charge is 2.15. The summed E-state index contributed by atoms with van der Waals surface area (Å²) >= 11 is 0. The van der Waals surface area contributed by atoms with Crippen molar-refractivity contribution in [2.45, 2.75) is 26.8 Å². The topological polar surface area (TPSA) is 66.9 Å². The molecular formula is C15H21Cl2FN4O. The number of hydrogen-bond donors (Lipinski definition) is 2. The van der Waals surface area contributed by atoms with Gasteiger partial charge in [0, 0.05) is 18.7 Å². The Labute approximate surface area is 147 Å². The van der Waals surface area contributed by atoms with Gasteiger partial charge >= 0.3 is 0 Å². The Hall–Kier alpha value is -1.50. The molecule has 1 amide bonds. The van der Waals surface area contributed by atoms with E-state index >= 15 is 0 Å². The molecule has 5 nitrogen and oxygen atoms in total. The minimum absolute atomic E-state index is 0. The predicted molar refractivity (Wildman–Crippen MR) is 94.3 cm³/mol. The van der Waals surface area contributed by atoms with Crippen molar-refractivity contribution in [3.63, 3.8) is 0 Å². The lowest BCUT2D eigenvalue weighted by Crippen LogP contribution is -2.37. The van der Waals surface area contributed by atoms with E-state index in [0.717, 1.165) is 11.4 Å². The molecule has 0 aliphatic heterocycles. The Balaban J connectivity index is 0.00000242. The largest absolute Gasteiger partial charge is 0.350 e. The Morgan fingerprint density at radius 2 is 1.83 bits per heavy atom. The molecule has 1 heterocycles. The van der Waals surface area contributed by atoms with E-state index in [1.807, 2.05) is 20.9 Å². The monoisotopic (exact) mass is 362 g/mol. The van der Waals surface area contributed by atoms with E-state index in [0.29, 0.717) is 17.6 Å². The number of carbonyl (C=O) groups excluding carboxylic acids is 1. The molecule has 0 aliphatic carbocycles. The van der Waals surface area contributed by atoms with Crippen LogP contribution >= 0.6 is 24.8 Å².